The Labute approximate surface area is 66.8 Å². The summed E-state index contributed by atoms with van der Waals surface area (Å²) in [7, 11) is 0. The number of allylic oxidation sites excluding steroid dienone is 1. The molecule has 0 aromatic heterocycles. The molecule has 0 bridgehead atoms. The highest BCUT2D eigenvalue weighted by atomic mass is 35.5. The third kappa shape index (κ3) is 1.40. The molecular weight excluding hydrogens is 146 g/mol. The van der Waals surface area contributed by atoms with E-state index in [0.29, 0.717) is 0 Å². The second-order valence-electron chi connectivity index (χ2n) is 2.61. The van der Waals surface area contributed by atoms with Crippen molar-refractivity contribution in [2.24, 2.45) is 4.99 Å². The van der Waals surface area contributed by atoms with Crippen molar-refractivity contribution in [3.8, 4) is 0 Å². The molecule has 0 radical (unpaired) electrons. The quantitative estimate of drug-likeness (QED) is 0.585. The third-order valence-electron chi connectivity index (χ3n) is 1.62. The van der Waals surface area contributed by atoms with Crippen molar-refractivity contribution >= 4 is 17.3 Å². The van der Waals surface area contributed by atoms with Crippen LogP contribution in [0.5, 0.6) is 0 Å². The van der Waals surface area contributed by atoms with Gasteiger partial charge in [0.05, 0.1) is 17.3 Å². The van der Waals surface area contributed by atoms with E-state index in [0.717, 1.165) is 30.1 Å². The Kier molecular flexibility index (Phi) is 2.50. The largest absolute Gasteiger partial charge is 0.284 e. The smallest absolute Gasteiger partial charge is 0.0624 e. The molecule has 1 aliphatic rings. The van der Waals surface area contributed by atoms with E-state index in [1.165, 1.54) is 5.57 Å². The van der Waals surface area contributed by atoms with Gasteiger partial charge in [-0.3, -0.25) is 4.99 Å². The molecule has 1 rings (SSSR count). The fourth-order valence-corrected chi connectivity index (χ4v) is 1.24. The van der Waals surface area contributed by atoms with Gasteiger partial charge in [0, 0.05) is 0 Å². The van der Waals surface area contributed by atoms with Crippen LogP contribution in [0, 0.1) is 0 Å². The zero-order valence-corrected chi connectivity index (χ0v) is 7.20. The van der Waals surface area contributed by atoms with Crippen molar-refractivity contribution < 1.29 is 0 Å². The van der Waals surface area contributed by atoms with E-state index in [1.54, 1.807) is 0 Å². The van der Waals surface area contributed by atoms with Gasteiger partial charge in [0.15, 0.2) is 0 Å². The minimum atomic E-state index is 0.814. The molecule has 1 nitrogen and oxygen atoms in total. The number of hydrogen-bond donors (Lipinski definition) is 0. The second-order valence-corrected chi connectivity index (χ2v) is 2.99. The molecule has 0 atom stereocenters. The predicted octanol–water partition coefficient (Wildman–Crippen LogP) is 2.75. The van der Waals surface area contributed by atoms with Crippen molar-refractivity contribution in [2.75, 3.05) is 6.54 Å². The van der Waals surface area contributed by atoms with E-state index in [-0.39, 0.29) is 0 Å². The summed E-state index contributed by atoms with van der Waals surface area (Å²) in [6, 6.07) is 0. The van der Waals surface area contributed by atoms with Gasteiger partial charge in [-0.2, -0.15) is 0 Å². The molecular formula is C8H12ClN. The van der Waals surface area contributed by atoms with E-state index < -0.39 is 0 Å². The van der Waals surface area contributed by atoms with Crippen LogP contribution in [0.15, 0.2) is 15.6 Å². The van der Waals surface area contributed by atoms with Crippen LogP contribution in [0.3, 0.4) is 0 Å². The molecule has 0 unspecified atom stereocenters. The fourth-order valence-electron chi connectivity index (χ4n) is 1.02. The minimum absolute atomic E-state index is 0.814. The lowest BCUT2D eigenvalue weighted by Crippen LogP contribution is -1.93. The Balaban J connectivity index is 2.63. The lowest BCUT2D eigenvalue weighted by molar-refractivity contribution is 0.992. The molecule has 0 aromatic rings. The number of hydrogen-bond acceptors (Lipinski definition) is 1. The van der Waals surface area contributed by atoms with Crippen LogP contribution in [0.2, 0.25) is 0 Å². The van der Waals surface area contributed by atoms with E-state index in [2.05, 4.69) is 11.9 Å². The molecule has 0 aliphatic carbocycles. The zero-order valence-electron chi connectivity index (χ0n) is 6.45. The van der Waals surface area contributed by atoms with E-state index in [9.17, 15) is 0 Å². The minimum Gasteiger partial charge on any atom is -0.284 e. The fraction of sp³-hybridized carbons (Fsp3) is 0.625. The lowest BCUT2D eigenvalue weighted by Gasteiger charge is -1.95. The van der Waals surface area contributed by atoms with Crippen LogP contribution >= 0.6 is 11.6 Å². The maximum atomic E-state index is 5.96. The molecule has 10 heavy (non-hydrogen) atoms. The Morgan fingerprint density at radius 3 is 2.70 bits per heavy atom. The van der Waals surface area contributed by atoms with Gasteiger partial charge in [-0.15, -0.1) is 0 Å². The van der Waals surface area contributed by atoms with Gasteiger partial charge in [-0.1, -0.05) is 24.9 Å². The summed E-state index contributed by atoms with van der Waals surface area (Å²) < 4.78 is 0. The Morgan fingerprint density at radius 2 is 2.30 bits per heavy atom. The molecule has 0 fully saturated rings. The maximum absolute atomic E-state index is 5.96. The molecule has 2 heteroatoms. The molecule has 1 heterocycles. The van der Waals surface area contributed by atoms with Crippen molar-refractivity contribution in [3.05, 3.63) is 10.6 Å². The van der Waals surface area contributed by atoms with Crippen molar-refractivity contribution in [1.29, 1.82) is 0 Å². The van der Waals surface area contributed by atoms with Crippen LogP contribution in [0.1, 0.15) is 26.7 Å². The summed E-state index contributed by atoms with van der Waals surface area (Å²) in [4.78, 5) is 4.30. The van der Waals surface area contributed by atoms with Crippen LogP contribution in [0.25, 0.3) is 0 Å². The van der Waals surface area contributed by atoms with Crippen molar-refractivity contribution in [2.45, 2.75) is 26.7 Å². The first-order valence-corrected chi connectivity index (χ1v) is 4.02. The van der Waals surface area contributed by atoms with Crippen molar-refractivity contribution in [1.82, 2.24) is 0 Å². The number of rotatable bonds is 2. The van der Waals surface area contributed by atoms with Gasteiger partial charge in [-0.05, 0) is 18.9 Å². The van der Waals surface area contributed by atoms with Gasteiger partial charge in [-0.25, -0.2) is 0 Å². The Hall–Kier alpha value is -0.300. The van der Waals surface area contributed by atoms with Crippen LogP contribution in [0.4, 0.5) is 0 Å². The summed E-state index contributed by atoms with van der Waals surface area (Å²) in [6.07, 6.45) is 2.15. The average molecular weight is 158 g/mol. The highest BCUT2D eigenvalue weighted by Crippen LogP contribution is 2.20. The number of halogens is 1. The summed E-state index contributed by atoms with van der Waals surface area (Å²) in [5.41, 5.74) is 2.31. The second kappa shape index (κ2) is 3.20. The van der Waals surface area contributed by atoms with E-state index in [4.69, 9.17) is 11.6 Å². The highest BCUT2D eigenvalue weighted by molar-refractivity contribution is 6.44. The van der Waals surface area contributed by atoms with Crippen molar-refractivity contribution in [3.63, 3.8) is 0 Å². The van der Waals surface area contributed by atoms with E-state index >= 15 is 0 Å². The average Bonchev–Trinajstić information content (AvgIpc) is 2.20. The lowest BCUT2D eigenvalue weighted by atomic mass is 10.2. The van der Waals surface area contributed by atoms with Crippen LogP contribution in [-0.2, 0) is 0 Å². The first kappa shape index (κ1) is 7.80. The zero-order chi connectivity index (χ0) is 7.56. The topological polar surface area (TPSA) is 12.4 Å². The Morgan fingerprint density at radius 1 is 1.60 bits per heavy atom. The summed E-state index contributed by atoms with van der Waals surface area (Å²) in [6.45, 7) is 4.99. The molecule has 0 N–H and O–H groups in total. The molecule has 1 aliphatic heterocycles. The monoisotopic (exact) mass is 157 g/mol. The summed E-state index contributed by atoms with van der Waals surface area (Å²) in [5.74, 6) is 0. The van der Waals surface area contributed by atoms with E-state index in [1.807, 2.05) is 6.92 Å². The molecule has 0 saturated carbocycles. The summed E-state index contributed by atoms with van der Waals surface area (Å²) >= 11 is 5.96. The highest BCUT2D eigenvalue weighted by Gasteiger charge is 2.12. The van der Waals surface area contributed by atoms with Gasteiger partial charge >= 0.3 is 0 Å². The standard InChI is InChI=1S/C8H12ClN/c1-3-4-7-8(9)6(2)5-10-7/h3-5H2,1-2H3. The third-order valence-corrected chi connectivity index (χ3v) is 2.16. The van der Waals surface area contributed by atoms with Gasteiger partial charge in [0.25, 0.3) is 0 Å². The normalized spacial score (nSPS) is 18.1. The van der Waals surface area contributed by atoms with Crippen LogP contribution < -0.4 is 0 Å². The van der Waals surface area contributed by atoms with Gasteiger partial charge in [0.2, 0.25) is 0 Å². The molecule has 0 saturated heterocycles. The molecule has 56 valence electrons. The first-order chi connectivity index (χ1) is 4.75. The SMILES string of the molecule is CCCC1=NCC(C)=C1Cl. The van der Waals surface area contributed by atoms with Gasteiger partial charge in [0.1, 0.15) is 0 Å². The van der Waals surface area contributed by atoms with Gasteiger partial charge < -0.3 is 0 Å². The first-order valence-electron chi connectivity index (χ1n) is 3.64. The Bertz CT molecular complexity index is 191. The molecule has 0 aromatic carbocycles. The number of aliphatic imine (C=N–C) groups is 1. The summed E-state index contributed by atoms with van der Waals surface area (Å²) in [5, 5.41) is 0.904. The maximum Gasteiger partial charge on any atom is 0.0624 e. The van der Waals surface area contributed by atoms with Crippen LogP contribution in [-0.4, -0.2) is 12.3 Å². The molecule has 0 spiro atoms. The molecule has 0 amide bonds. The predicted molar refractivity (Wildman–Crippen MR) is 45.8 cm³/mol. The number of nitrogens with zero attached hydrogens (tertiary/aromatic N) is 1.